The number of hydrogen-bond acceptors (Lipinski definition) is 5. The molecule has 0 spiro atoms. The zero-order chi connectivity index (χ0) is 14.7. The van der Waals surface area contributed by atoms with Crippen molar-refractivity contribution in [2.24, 2.45) is 5.92 Å². The standard InChI is InChI=1S/C13H16N2O5/c16-8-9-3-5-14(6-4-9)11-2-1-10(13(17)18)7-12(11)15(19)20/h1-2,7,9,16H,3-6,8H2,(H,17,18). The predicted molar refractivity (Wildman–Crippen MR) is 72.1 cm³/mol. The van der Waals surface area contributed by atoms with Gasteiger partial charge in [0.1, 0.15) is 5.69 Å². The number of nitro groups is 1. The molecule has 1 saturated heterocycles. The van der Waals surface area contributed by atoms with Gasteiger partial charge >= 0.3 is 5.97 Å². The summed E-state index contributed by atoms with van der Waals surface area (Å²) in [6, 6.07) is 3.96. The van der Waals surface area contributed by atoms with Crippen LogP contribution in [0.25, 0.3) is 0 Å². The molecular weight excluding hydrogens is 264 g/mol. The number of nitro benzene ring substituents is 1. The highest BCUT2D eigenvalue weighted by Crippen LogP contribution is 2.32. The fourth-order valence-electron chi connectivity index (χ4n) is 2.43. The minimum Gasteiger partial charge on any atom is -0.478 e. The maximum absolute atomic E-state index is 11.1. The molecule has 1 aromatic carbocycles. The first-order chi connectivity index (χ1) is 9.52. The van der Waals surface area contributed by atoms with E-state index in [0.29, 0.717) is 18.8 Å². The summed E-state index contributed by atoms with van der Waals surface area (Å²) in [7, 11) is 0. The van der Waals surface area contributed by atoms with Gasteiger partial charge in [0.05, 0.1) is 10.5 Å². The molecule has 20 heavy (non-hydrogen) atoms. The minimum absolute atomic E-state index is 0.0919. The molecule has 0 bridgehead atoms. The van der Waals surface area contributed by atoms with Crippen LogP contribution in [0.3, 0.4) is 0 Å². The summed E-state index contributed by atoms with van der Waals surface area (Å²) in [5.74, 6) is -0.942. The van der Waals surface area contributed by atoms with Gasteiger partial charge in [0.15, 0.2) is 0 Å². The van der Waals surface area contributed by atoms with Crippen LogP contribution in [-0.2, 0) is 0 Å². The van der Waals surface area contributed by atoms with Gasteiger partial charge in [-0.05, 0) is 30.9 Å². The molecule has 7 heteroatoms. The Labute approximate surface area is 115 Å². The third-order valence-corrected chi connectivity index (χ3v) is 3.63. The van der Waals surface area contributed by atoms with E-state index in [4.69, 9.17) is 10.2 Å². The molecule has 0 radical (unpaired) electrons. The van der Waals surface area contributed by atoms with Crippen molar-refractivity contribution in [1.29, 1.82) is 0 Å². The lowest BCUT2D eigenvalue weighted by Gasteiger charge is -2.32. The van der Waals surface area contributed by atoms with Crippen LogP contribution < -0.4 is 4.90 Å². The van der Waals surface area contributed by atoms with Gasteiger partial charge in [-0.1, -0.05) is 0 Å². The number of carboxylic acids is 1. The number of hydrogen-bond donors (Lipinski definition) is 2. The van der Waals surface area contributed by atoms with E-state index in [2.05, 4.69) is 0 Å². The SMILES string of the molecule is O=C(O)c1ccc(N2CCC(CO)CC2)c([N+](=O)[O-])c1. The van der Waals surface area contributed by atoms with Crippen LogP contribution in [-0.4, -0.2) is 40.8 Å². The molecule has 0 unspecified atom stereocenters. The highest BCUT2D eigenvalue weighted by Gasteiger charge is 2.25. The third-order valence-electron chi connectivity index (χ3n) is 3.63. The average molecular weight is 280 g/mol. The molecule has 2 N–H and O–H groups in total. The number of carbonyl (C=O) groups is 1. The van der Waals surface area contributed by atoms with Gasteiger partial charge in [0, 0.05) is 25.8 Å². The van der Waals surface area contributed by atoms with E-state index >= 15 is 0 Å². The van der Waals surface area contributed by atoms with Crippen molar-refractivity contribution in [3.8, 4) is 0 Å². The van der Waals surface area contributed by atoms with Crippen LogP contribution in [0.1, 0.15) is 23.2 Å². The van der Waals surface area contributed by atoms with E-state index < -0.39 is 10.9 Å². The summed E-state index contributed by atoms with van der Waals surface area (Å²) in [5.41, 5.74) is 0.162. The summed E-state index contributed by atoms with van der Waals surface area (Å²) in [5, 5.41) is 29.1. The number of aliphatic hydroxyl groups excluding tert-OH is 1. The van der Waals surface area contributed by atoms with Gasteiger partial charge in [-0.15, -0.1) is 0 Å². The van der Waals surface area contributed by atoms with Crippen molar-refractivity contribution < 1.29 is 19.9 Å². The largest absolute Gasteiger partial charge is 0.478 e. The van der Waals surface area contributed by atoms with Crippen LogP contribution in [0, 0.1) is 16.0 Å². The molecule has 2 rings (SSSR count). The second kappa shape index (κ2) is 5.87. The molecule has 1 aliphatic heterocycles. The number of rotatable bonds is 4. The highest BCUT2D eigenvalue weighted by molar-refractivity contribution is 5.89. The van der Waals surface area contributed by atoms with E-state index in [1.54, 1.807) is 0 Å². The summed E-state index contributed by atoms with van der Waals surface area (Å²) in [6.45, 7) is 1.38. The Bertz CT molecular complexity index is 523. The topological polar surface area (TPSA) is 104 Å². The molecule has 1 aromatic rings. The van der Waals surface area contributed by atoms with Crippen molar-refractivity contribution in [2.75, 3.05) is 24.6 Å². The normalized spacial score (nSPS) is 16.1. The van der Waals surface area contributed by atoms with Crippen LogP contribution >= 0.6 is 0 Å². The second-order valence-corrected chi connectivity index (χ2v) is 4.88. The van der Waals surface area contributed by atoms with Gasteiger partial charge < -0.3 is 15.1 Å². The molecule has 0 amide bonds. The smallest absolute Gasteiger partial charge is 0.335 e. The zero-order valence-electron chi connectivity index (χ0n) is 10.9. The third kappa shape index (κ3) is 2.88. The molecular formula is C13H16N2O5. The van der Waals surface area contributed by atoms with Gasteiger partial charge in [0.2, 0.25) is 0 Å². The summed E-state index contributed by atoms with van der Waals surface area (Å²) in [4.78, 5) is 23.3. The van der Waals surface area contributed by atoms with Crippen molar-refractivity contribution in [1.82, 2.24) is 0 Å². The van der Waals surface area contributed by atoms with Crippen molar-refractivity contribution >= 4 is 17.3 Å². The Kier molecular flexibility index (Phi) is 4.19. The second-order valence-electron chi connectivity index (χ2n) is 4.88. The maximum atomic E-state index is 11.1. The fourth-order valence-corrected chi connectivity index (χ4v) is 2.43. The molecule has 0 aliphatic carbocycles. The zero-order valence-corrected chi connectivity index (χ0v) is 10.9. The molecule has 1 heterocycles. The van der Waals surface area contributed by atoms with Gasteiger partial charge in [0.25, 0.3) is 5.69 Å². The average Bonchev–Trinajstić information content (AvgIpc) is 2.46. The molecule has 108 valence electrons. The number of carboxylic acid groups (broad SMARTS) is 1. The first-order valence-electron chi connectivity index (χ1n) is 6.40. The Hall–Kier alpha value is -2.15. The monoisotopic (exact) mass is 280 g/mol. The molecule has 1 aliphatic rings. The molecule has 0 saturated carbocycles. The Morgan fingerprint density at radius 1 is 1.40 bits per heavy atom. The maximum Gasteiger partial charge on any atom is 0.335 e. The van der Waals surface area contributed by atoms with Gasteiger partial charge in [-0.2, -0.15) is 0 Å². The molecule has 0 atom stereocenters. The number of aromatic carboxylic acids is 1. The van der Waals surface area contributed by atoms with Crippen molar-refractivity contribution in [3.63, 3.8) is 0 Å². The highest BCUT2D eigenvalue weighted by atomic mass is 16.6. The van der Waals surface area contributed by atoms with Gasteiger partial charge in [-0.3, -0.25) is 10.1 Å². The van der Waals surface area contributed by atoms with E-state index in [-0.39, 0.29) is 23.8 Å². The molecule has 1 fully saturated rings. The summed E-state index contributed by atoms with van der Waals surface area (Å²) >= 11 is 0. The van der Waals surface area contributed by atoms with Crippen LogP contribution in [0.15, 0.2) is 18.2 Å². The first-order valence-corrected chi connectivity index (χ1v) is 6.40. The Balaban J connectivity index is 2.27. The predicted octanol–water partition coefficient (Wildman–Crippen LogP) is 1.50. The lowest BCUT2D eigenvalue weighted by atomic mass is 9.97. The van der Waals surface area contributed by atoms with Crippen LogP contribution in [0.5, 0.6) is 0 Å². The van der Waals surface area contributed by atoms with E-state index in [0.717, 1.165) is 18.9 Å². The van der Waals surface area contributed by atoms with Crippen LogP contribution in [0.2, 0.25) is 0 Å². The fraction of sp³-hybridized carbons (Fsp3) is 0.462. The van der Waals surface area contributed by atoms with Crippen molar-refractivity contribution in [3.05, 3.63) is 33.9 Å². The Morgan fingerprint density at radius 3 is 2.55 bits per heavy atom. The number of benzene rings is 1. The van der Waals surface area contributed by atoms with E-state index in [1.165, 1.54) is 12.1 Å². The lowest BCUT2D eigenvalue weighted by molar-refractivity contribution is -0.384. The number of aliphatic hydroxyl groups is 1. The quantitative estimate of drug-likeness (QED) is 0.639. The number of anilines is 1. The summed E-state index contributed by atoms with van der Waals surface area (Å²) < 4.78 is 0. The Morgan fingerprint density at radius 2 is 2.05 bits per heavy atom. The number of nitrogens with zero attached hydrogens (tertiary/aromatic N) is 2. The minimum atomic E-state index is -1.18. The summed E-state index contributed by atoms with van der Waals surface area (Å²) in [6.07, 6.45) is 1.54. The lowest BCUT2D eigenvalue weighted by Crippen LogP contribution is -2.35. The van der Waals surface area contributed by atoms with E-state index in [9.17, 15) is 14.9 Å². The van der Waals surface area contributed by atoms with E-state index in [1.807, 2.05) is 4.90 Å². The van der Waals surface area contributed by atoms with Crippen LogP contribution in [0.4, 0.5) is 11.4 Å². The first kappa shape index (κ1) is 14.3. The van der Waals surface area contributed by atoms with Crippen molar-refractivity contribution in [2.45, 2.75) is 12.8 Å². The molecule has 7 nitrogen and oxygen atoms in total. The molecule has 0 aromatic heterocycles. The van der Waals surface area contributed by atoms with Gasteiger partial charge in [-0.25, -0.2) is 4.79 Å². The number of piperidine rings is 1.